The molecule has 0 aliphatic carbocycles. The summed E-state index contributed by atoms with van der Waals surface area (Å²) in [6, 6.07) is 2.01. The third kappa shape index (κ3) is 2.25. The van der Waals surface area contributed by atoms with E-state index in [4.69, 9.17) is 11.6 Å². The maximum absolute atomic E-state index is 10.4. The number of hydrogen-bond donors (Lipinski definition) is 1. The predicted octanol–water partition coefficient (Wildman–Crippen LogP) is 3.32. The molecule has 3 nitrogen and oxygen atoms in total. The highest BCUT2D eigenvalue weighted by Gasteiger charge is 2.22. The van der Waals surface area contributed by atoms with E-state index in [1.54, 1.807) is 22.2 Å². The molecule has 2 aromatic heterocycles. The van der Waals surface area contributed by atoms with Crippen LogP contribution >= 0.6 is 22.9 Å². The minimum absolute atomic E-state index is 0.516. The summed E-state index contributed by atoms with van der Waals surface area (Å²) in [5.74, 6) is 0. The van der Waals surface area contributed by atoms with Gasteiger partial charge in [0.2, 0.25) is 0 Å². The van der Waals surface area contributed by atoms with Crippen LogP contribution in [0.25, 0.3) is 0 Å². The minimum Gasteiger partial charge on any atom is -0.382 e. The lowest BCUT2D eigenvalue weighted by Crippen LogP contribution is -2.09. The first-order chi connectivity index (χ1) is 8.04. The van der Waals surface area contributed by atoms with Crippen molar-refractivity contribution in [2.24, 2.45) is 0 Å². The summed E-state index contributed by atoms with van der Waals surface area (Å²) in [6.07, 6.45) is 0.882. The molecule has 1 atom stereocenters. The molecule has 0 saturated heterocycles. The molecule has 0 fully saturated rings. The molecule has 1 unspecified atom stereocenters. The fraction of sp³-hybridized carbons (Fsp3) is 0.417. The highest BCUT2D eigenvalue weighted by Crippen LogP contribution is 2.33. The van der Waals surface area contributed by atoms with Gasteiger partial charge in [0, 0.05) is 21.9 Å². The Morgan fingerprint density at radius 3 is 2.76 bits per heavy atom. The van der Waals surface area contributed by atoms with Crippen LogP contribution in [0.4, 0.5) is 0 Å². The van der Waals surface area contributed by atoms with Gasteiger partial charge in [0.05, 0.1) is 16.9 Å². The summed E-state index contributed by atoms with van der Waals surface area (Å²) in [6.45, 7) is 6.72. The zero-order chi connectivity index (χ0) is 12.6. The van der Waals surface area contributed by atoms with Crippen LogP contribution in [0.2, 0.25) is 5.02 Å². The van der Waals surface area contributed by atoms with Gasteiger partial charge < -0.3 is 5.11 Å². The van der Waals surface area contributed by atoms with Crippen molar-refractivity contribution < 1.29 is 5.11 Å². The predicted molar refractivity (Wildman–Crippen MR) is 70.8 cm³/mol. The van der Waals surface area contributed by atoms with Crippen LogP contribution in [-0.2, 0) is 6.54 Å². The molecule has 0 aliphatic rings. The summed E-state index contributed by atoms with van der Waals surface area (Å²) in [4.78, 5) is 2.31. The summed E-state index contributed by atoms with van der Waals surface area (Å²) < 4.78 is 1.74. The fourth-order valence-corrected chi connectivity index (χ4v) is 3.17. The molecule has 17 heavy (non-hydrogen) atoms. The summed E-state index contributed by atoms with van der Waals surface area (Å²) in [5.41, 5.74) is 1.60. The zero-order valence-corrected chi connectivity index (χ0v) is 11.6. The Bertz CT molecular complexity index is 533. The highest BCUT2D eigenvalue weighted by atomic mass is 35.5. The minimum atomic E-state index is -0.699. The standard InChI is InChI=1S/C12H15ClN2OS/c1-4-15-11(10(13)6-14-15)12(16)9-5-7(2)17-8(9)3/h5-6,12,16H,4H2,1-3H3. The van der Waals surface area contributed by atoms with Crippen LogP contribution in [0, 0.1) is 13.8 Å². The van der Waals surface area contributed by atoms with Crippen molar-refractivity contribution in [1.82, 2.24) is 9.78 Å². The molecule has 2 rings (SSSR count). The fourth-order valence-electron chi connectivity index (χ4n) is 1.97. The van der Waals surface area contributed by atoms with Crippen LogP contribution in [-0.4, -0.2) is 14.9 Å². The van der Waals surface area contributed by atoms with Crippen molar-refractivity contribution in [1.29, 1.82) is 0 Å². The molecule has 2 aromatic rings. The first kappa shape index (κ1) is 12.6. The number of halogens is 1. The third-order valence-corrected chi connectivity index (χ3v) is 4.04. The van der Waals surface area contributed by atoms with E-state index in [0.717, 1.165) is 10.4 Å². The van der Waals surface area contributed by atoms with E-state index in [9.17, 15) is 5.11 Å². The SMILES string of the molecule is CCn1ncc(Cl)c1C(O)c1cc(C)sc1C. The normalized spacial score (nSPS) is 13.0. The smallest absolute Gasteiger partial charge is 0.123 e. The molecular weight excluding hydrogens is 256 g/mol. The Balaban J connectivity index is 2.46. The number of nitrogens with zero attached hydrogens (tertiary/aromatic N) is 2. The largest absolute Gasteiger partial charge is 0.382 e. The monoisotopic (exact) mass is 270 g/mol. The van der Waals surface area contributed by atoms with Crippen LogP contribution < -0.4 is 0 Å². The zero-order valence-electron chi connectivity index (χ0n) is 10.1. The Labute approximate surface area is 110 Å². The Morgan fingerprint density at radius 1 is 1.53 bits per heavy atom. The molecule has 0 radical (unpaired) electrons. The number of aromatic nitrogens is 2. The number of aliphatic hydroxyl groups excluding tert-OH is 1. The van der Waals surface area contributed by atoms with Crippen molar-refractivity contribution in [2.75, 3.05) is 0 Å². The van der Waals surface area contributed by atoms with Gasteiger partial charge in [-0.25, -0.2) is 0 Å². The van der Waals surface area contributed by atoms with Gasteiger partial charge in [0.25, 0.3) is 0 Å². The van der Waals surface area contributed by atoms with E-state index in [-0.39, 0.29) is 0 Å². The molecule has 0 amide bonds. The first-order valence-corrected chi connectivity index (χ1v) is 6.70. The summed E-state index contributed by atoms with van der Waals surface area (Å²) in [5, 5.41) is 15.1. The average Bonchev–Trinajstić information content (AvgIpc) is 2.80. The van der Waals surface area contributed by atoms with Crippen molar-refractivity contribution in [3.8, 4) is 0 Å². The Kier molecular flexibility index (Phi) is 3.56. The van der Waals surface area contributed by atoms with Crippen LogP contribution in [0.15, 0.2) is 12.3 Å². The maximum atomic E-state index is 10.4. The van der Waals surface area contributed by atoms with Crippen molar-refractivity contribution in [3.63, 3.8) is 0 Å². The van der Waals surface area contributed by atoms with Gasteiger partial charge in [-0.15, -0.1) is 11.3 Å². The van der Waals surface area contributed by atoms with Crippen LogP contribution in [0.5, 0.6) is 0 Å². The molecule has 0 spiro atoms. The van der Waals surface area contributed by atoms with Gasteiger partial charge in [-0.05, 0) is 26.8 Å². The maximum Gasteiger partial charge on any atom is 0.123 e. The molecule has 92 valence electrons. The number of aliphatic hydroxyl groups is 1. The second-order valence-corrected chi connectivity index (χ2v) is 5.83. The quantitative estimate of drug-likeness (QED) is 0.929. The van der Waals surface area contributed by atoms with Gasteiger partial charge in [-0.1, -0.05) is 11.6 Å². The first-order valence-electron chi connectivity index (χ1n) is 5.50. The van der Waals surface area contributed by atoms with Crippen molar-refractivity contribution in [2.45, 2.75) is 33.4 Å². The van der Waals surface area contributed by atoms with Gasteiger partial charge in [0.1, 0.15) is 6.10 Å². The van der Waals surface area contributed by atoms with E-state index in [1.807, 2.05) is 26.8 Å². The van der Waals surface area contributed by atoms with Crippen molar-refractivity contribution in [3.05, 3.63) is 38.3 Å². The number of thiophene rings is 1. The third-order valence-electron chi connectivity index (χ3n) is 2.77. The van der Waals surface area contributed by atoms with E-state index in [2.05, 4.69) is 5.10 Å². The summed E-state index contributed by atoms with van der Waals surface area (Å²) >= 11 is 7.77. The molecule has 0 aliphatic heterocycles. The molecule has 0 aromatic carbocycles. The average molecular weight is 271 g/mol. The highest BCUT2D eigenvalue weighted by molar-refractivity contribution is 7.12. The van der Waals surface area contributed by atoms with E-state index in [1.165, 1.54) is 4.88 Å². The second-order valence-electron chi connectivity index (χ2n) is 3.96. The van der Waals surface area contributed by atoms with Crippen LogP contribution in [0.3, 0.4) is 0 Å². The molecular formula is C12H15ClN2OS. The number of aryl methyl sites for hydroxylation is 3. The van der Waals surface area contributed by atoms with Gasteiger partial charge in [-0.3, -0.25) is 4.68 Å². The lowest BCUT2D eigenvalue weighted by molar-refractivity contribution is 0.208. The second kappa shape index (κ2) is 4.80. The van der Waals surface area contributed by atoms with Crippen molar-refractivity contribution >= 4 is 22.9 Å². The van der Waals surface area contributed by atoms with Gasteiger partial charge in [-0.2, -0.15) is 5.10 Å². The Hall–Kier alpha value is -0.840. The Morgan fingerprint density at radius 2 is 2.24 bits per heavy atom. The van der Waals surface area contributed by atoms with E-state index in [0.29, 0.717) is 17.3 Å². The lowest BCUT2D eigenvalue weighted by Gasteiger charge is -2.13. The molecule has 1 N–H and O–H groups in total. The number of rotatable bonds is 3. The van der Waals surface area contributed by atoms with Gasteiger partial charge in [0.15, 0.2) is 0 Å². The molecule has 2 heterocycles. The lowest BCUT2D eigenvalue weighted by atomic mass is 10.1. The molecule has 0 saturated carbocycles. The number of hydrogen-bond acceptors (Lipinski definition) is 3. The van der Waals surface area contributed by atoms with E-state index >= 15 is 0 Å². The molecule has 5 heteroatoms. The van der Waals surface area contributed by atoms with Gasteiger partial charge >= 0.3 is 0 Å². The molecule has 0 bridgehead atoms. The summed E-state index contributed by atoms with van der Waals surface area (Å²) in [7, 11) is 0. The van der Waals surface area contributed by atoms with Crippen LogP contribution in [0.1, 0.15) is 34.0 Å². The topological polar surface area (TPSA) is 38.0 Å². The van der Waals surface area contributed by atoms with E-state index < -0.39 is 6.10 Å².